The summed E-state index contributed by atoms with van der Waals surface area (Å²) in [6.45, 7) is 6.33. The lowest BCUT2D eigenvalue weighted by molar-refractivity contribution is 0.120. The molecule has 0 spiro atoms. The van der Waals surface area contributed by atoms with Crippen LogP contribution in [0.5, 0.6) is 11.5 Å². The predicted octanol–water partition coefficient (Wildman–Crippen LogP) is 3.17. The third-order valence-electron chi connectivity index (χ3n) is 5.26. The van der Waals surface area contributed by atoms with Gasteiger partial charge in [-0.2, -0.15) is 0 Å². The summed E-state index contributed by atoms with van der Waals surface area (Å²) in [6.07, 6.45) is 5.82. The second kappa shape index (κ2) is 6.85. The molecule has 26 heavy (non-hydrogen) atoms. The van der Waals surface area contributed by atoms with Gasteiger partial charge in [0.1, 0.15) is 18.1 Å². The molecule has 0 bridgehead atoms. The minimum Gasteiger partial charge on any atom is -0.507 e. The van der Waals surface area contributed by atoms with E-state index < -0.39 is 0 Å². The Labute approximate surface area is 158 Å². The molecule has 0 amide bonds. The van der Waals surface area contributed by atoms with E-state index in [1.807, 2.05) is 13.0 Å². The molecule has 1 saturated heterocycles. The fourth-order valence-electron chi connectivity index (χ4n) is 3.96. The number of piperazine rings is 1. The van der Waals surface area contributed by atoms with Crippen molar-refractivity contribution in [3.05, 3.63) is 46.0 Å². The number of nitrogens with one attached hydrogen (secondary N) is 1. The van der Waals surface area contributed by atoms with Crippen molar-refractivity contribution in [1.29, 1.82) is 0 Å². The van der Waals surface area contributed by atoms with Gasteiger partial charge in [0.25, 0.3) is 0 Å². The maximum absolute atomic E-state index is 10.4. The van der Waals surface area contributed by atoms with Gasteiger partial charge in [-0.15, -0.1) is 6.42 Å². The first-order valence-electron chi connectivity index (χ1n) is 8.78. The van der Waals surface area contributed by atoms with E-state index in [9.17, 15) is 5.11 Å². The van der Waals surface area contributed by atoms with E-state index in [2.05, 4.69) is 16.1 Å². The summed E-state index contributed by atoms with van der Waals surface area (Å²) >= 11 is 6.39. The molecule has 2 N–H and O–H groups in total. The Bertz CT molecular complexity index is 884. The number of phenolic OH excluding ortho intramolecular Hbond substituents is 1. The number of hydrogen-bond acceptors (Lipinski definition) is 4. The summed E-state index contributed by atoms with van der Waals surface area (Å²) in [4.78, 5) is 2.44. The number of ether oxygens (including phenoxy) is 1. The minimum absolute atomic E-state index is 0.118. The Morgan fingerprint density at radius 2 is 2.23 bits per heavy atom. The lowest BCUT2D eigenvalue weighted by Gasteiger charge is -2.33. The lowest BCUT2D eigenvalue weighted by atomic mass is 9.91. The molecule has 0 unspecified atom stereocenters. The van der Waals surface area contributed by atoms with Gasteiger partial charge in [0, 0.05) is 54.0 Å². The number of aromatic hydroxyl groups is 1. The SMILES string of the molecule is C#Cc1cc2c(c(C)c1-c1c(O)cccc1Cl)OC[C@H]1CNCCN1C2. The summed E-state index contributed by atoms with van der Waals surface area (Å²) in [5, 5.41) is 14.3. The molecular formula is C21H21ClN2O2. The Morgan fingerprint density at radius 3 is 3.00 bits per heavy atom. The smallest absolute Gasteiger partial charge is 0.127 e. The summed E-state index contributed by atoms with van der Waals surface area (Å²) in [6, 6.07) is 7.46. The average Bonchev–Trinajstić information content (AvgIpc) is 2.82. The maximum atomic E-state index is 10.4. The molecule has 0 saturated carbocycles. The van der Waals surface area contributed by atoms with E-state index in [0.29, 0.717) is 23.2 Å². The Kier molecular flexibility index (Phi) is 4.54. The molecule has 0 radical (unpaired) electrons. The first-order valence-corrected chi connectivity index (χ1v) is 9.16. The molecule has 2 heterocycles. The lowest BCUT2D eigenvalue weighted by Crippen LogP contribution is -2.52. The van der Waals surface area contributed by atoms with Gasteiger partial charge in [-0.05, 0) is 25.1 Å². The normalized spacial score (nSPS) is 19.7. The Hall–Kier alpha value is -2.19. The van der Waals surface area contributed by atoms with Crippen molar-refractivity contribution < 1.29 is 9.84 Å². The highest BCUT2D eigenvalue weighted by molar-refractivity contribution is 6.33. The van der Waals surface area contributed by atoms with Crippen LogP contribution in [0.15, 0.2) is 24.3 Å². The highest BCUT2D eigenvalue weighted by atomic mass is 35.5. The zero-order chi connectivity index (χ0) is 18.3. The van der Waals surface area contributed by atoms with Crippen molar-refractivity contribution in [3.63, 3.8) is 0 Å². The van der Waals surface area contributed by atoms with Crippen molar-refractivity contribution in [2.45, 2.75) is 19.5 Å². The van der Waals surface area contributed by atoms with Gasteiger partial charge in [0.05, 0.1) is 11.1 Å². The number of fused-ring (bicyclic) bond motifs is 2. The molecule has 2 aromatic carbocycles. The molecule has 134 valence electrons. The van der Waals surface area contributed by atoms with Crippen LogP contribution in [0.25, 0.3) is 11.1 Å². The molecule has 4 nitrogen and oxygen atoms in total. The Balaban J connectivity index is 1.89. The average molecular weight is 369 g/mol. The molecule has 4 rings (SSSR count). The van der Waals surface area contributed by atoms with E-state index in [0.717, 1.165) is 54.2 Å². The van der Waals surface area contributed by atoms with Crippen LogP contribution in [0, 0.1) is 19.3 Å². The number of phenols is 1. The number of terminal acetylenes is 1. The van der Waals surface area contributed by atoms with Crippen LogP contribution in [0.4, 0.5) is 0 Å². The molecule has 2 aliphatic rings. The van der Waals surface area contributed by atoms with Gasteiger partial charge in [-0.25, -0.2) is 0 Å². The summed E-state index contributed by atoms with van der Waals surface area (Å²) in [5.74, 6) is 3.75. The molecular weight excluding hydrogens is 348 g/mol. The molecule has 1 atom stereocenters. The van der Waals surface area contributed by atoms with Crippen LogP contribution >= 0.6 is 11.6 Å². The summed E-state index contributed by atoms with van der Waals surface area (Å²) in [5.41, 5.74) is 4.07. The molecule has 2 aromatic rings. The quantitative estimate of drug-likeness (QED) is 0.759. The van der Waals surface area contributed by atoms with E-state index in [4.69, 9.17) is 22.8 Å². The standard InChI is InChI=1S/C21H21ClN2O2/c1-3-14-9-15-11-24-8-7-23-10-16(24)12-26-21(15)13(2)19(14)20-17(22)5-4-6-18(20)25/h1,4-6,9,16,23,25H,7-8,10-12H2,2H3/t16-/m1/s1. The van der Waals surface area contributed by atoms with Crippen LogP contribution in [0.2, 0.25) is 5.02 Å². The molecule has 0 aromatic heterocycles. The largest absolute Gasteiger partial charge is 0.507 e. The van der Waals surface area contributed by atoms with E-state index >= 15 is 0 Å². The number of rotatable bonds is 1. The molecule has 0 aliphatic carbocycles. The van der Waals surface area contributed by atoms with Crippen LogP contribution in [0.1, 0.15) is 16.7 Å². The predicted molar refractivity (Wildman–Crippen MR) is 104 cm³/mol. The van der Waals surface area contributed by atoms with Crippen molar-refractivity contribution >= 4 is 11.6 Å². The van der Waals surface area contributed by atoms with Crippen molar-refractivity contribution in [2.75, 3.05) is 26.2 Å². The number of benzene rings is 2. The summed E-state index contributed by atoms with van der Waals surface area (Å²) < 4.78 is 6.22. The van der Waals surface area contributed by atoms with E-state index in [-0.39, 0.29) is 5.75 Å². The monoisotopic (exact) mass is 368 g/mol. The van der Waals surface area contributed by atoms with Crippen LogP contribution in [0.3, 0.4) is 0 Å². The second-order valence-corrected chi connectivity index (χ2v) is 7.24. The maximum Gasteiger partial charge on any atom is 0.127 e. The van der Waals surface area contributed by atoms with E-state index in [1.165, 1.54) is 0 Å². The van der Waals surface area contributed by atoms with Crippen molar-refractivity contribution in [2.24, 2.45) is 0 Å². The highest BCUT2D eigenvalue weighted by Gasteiger charge is 2.29. The molecule has 5 heteroatoms. The van der Waals surface area contributed by atoms with Gasteiger partial charge >= 0.3 is 0 Å². The second-order valence-electron chi connectivity index (χ2n) is 6.83. The van der Waals surface area contributed by atoms with Crippen molar-refractivity contribution in [1.82, 2.24) is 10.2 Å². The zero-order valence-electron chi connectivity index (χ0n) is 14.7. The topological polar surface area (TPSA) is 44.7 Å². The summed E-state index contributed by atoms with van der Waals surface area (Å²) in [7, 11) is 0. The Morgan fingerprint density at radius 1 is 1.38 bits per heavy atom. The number of halogens is 1. The number of nitrogens with zero attached hydrogens (tertiary/aromatic N) is 1. The van der Waals surface area contributed by atoms with Crippen molar-refractivity contribution in [3.8, 4) is 35.0 Å². The van der Waals surface area contributed by atoms with Crippen LogP contribution < -0.4 is 10.1 Å². The van der Waals surface area contributed by atoms with Crippen LogP contribution in [-0.4, -0.2) is 42.3 Å². The number of hydrogen-bond donors (Lipinski definition) is 2. The van der Waals surface area contributed by atoms with Gasteiger partial charge < -0.3 is 15.2 Å². The van der Waals surface area contributed by atoms with Crippen LogP contribution in [-0.2, 0) is 6.54 Å². The first-order chi connectivity index (χ1) is 12.6. The van der Waals surface area contributed by atoms with Gasteiger partial charge in [0.2, 0.25) is 0 Å². The van der Waals surface area contributed by atoms with E-state index in [1.54, 1.807) is 18.2 Å². The highest BCUT2D eigenvalue weighted by Crippen LogP contribution is 2.44. The zero-order valence-corrected chi connectivity index (χ0v) is 15.4. The minimum atomic E-state index is 0.118. The van der Waals surface area contributed by atoms with Gasteiger partial charge in [-0.3, -0.25) is 4.90 Å². The third-order valence-corrected chi connectivity index (χ3v) is 5.57. The fraction of sp³-hybridized carbons (Fsp3) is 0.333. The fourth-order valence-corrected chi connectivity index (χ4v) is 4.22. The third kappa shape index (κ3) is 2.83. The molecule has 1 fully saturated rings. The first kappa shape index (κ1) is 17.2. The molecule has 2 aliphatic heterocycles. The van der Waals surface area contributed by atoms with Gasteiger partial charge in [0.15, 0.2) is 0 Å². The van der Waals surface area contributed by atoms with Gasteiger partial charge in [-0.1, -0.05) is 23.6 Å².